The van der Waals surface area contributed by atoms with Crippen molar-refractivity contribution in [3.8, 4) is 22.6 Å². The van der Waals surface area contributed by atoms with Crippen molar-refractivity contribution in [3.63, 3.8) is 0 Å². The third kappa shape index (κ3) is 2.61. The summed E-state index contributed by atoms with van der Waals surface area (Å²) in [5.74, 6) is -0.187. The van der Waals surface area contributed by atoms with Crippen LogP contribution >= 0.6 is 0 Å². The Balaban J connectivity index is 2.49. The number of benzene rings is 2. The minimum atomic E-state index is -0.742. The number of carbonyl (C=O) groups is 2. The highest BCUT2D eigenvalue weighted by molar-refractivity contribution is 6.18. The van der Waals surface area contributed by atoms with Crippen LogP contribution in [0.3, 0.4) is 0 Å². The Kier molecular flexibility index (Phi) is 4.19. The molecule has 0 bridgehead atoms. The standard InChI is InChI=1S/C19H17NO5/c1-10(21)17-16(19(20)22)15-12(8-9-14(24-3)18(15)25-17)11-6-4-5-7-13(11)23-2/h4-9H,1-3H3,(H2,20,22). The van der Waals surface area contributed by atoms with Crippen molar-refractivity contribution in [2.75, 3.05) is 14.2 Å². The number of primary amides is 1. The van der Waals surface area contributed by atoms with Crippen molar-refractivity contribution >= 4 is 22.7 Å². The zero-order valence-electron chi connectivity index (χ0n) is 14.1. The lowest BCUT2D eigenvalue weighted by atomic mass is 9.96. The van der Waals surface area contributed by atoms with Crippen LogP contribution in [-0.4, -0.2) is 25.9 Å². The molecule has 3 aromatic rings. The fourth-order valence-electron chi connectivity index (χ4n) is 2.92. The van der Waals surface area contributed by atoms with Gasteiger partial charge in [0.05, 0.1) is 19.8 Å². The summed E-state index contributed by atoms with van der Waals surface area (Å²) in [7, 11) is 3.04. The molecule has 128 valence electrons. The van der Waals surface area contributed by atoms with E-state index in [0.29, 0.717) is 28.0 Å². The molecule has 2 aromatic carbocycles. The van der Waals surface area contributed by atoms with E-state index in [-0.39, 0.29) is 11.3 Å². The third-order valence-electron chi connectivity index (χ3n) is 3.99. The van der Waals surface area contributed by atoms with Gasteiger partial charge in [0.2, 0.25) is 0 Å². The highest BCUT2D eigenvalue weighted by Crippen LogP contribution is 2.42. The van der Waals surface area contributed by atoms with Crippen LogP contribution in [0.25, 0.3) is 22.1 Å². The van der Waals surface area contributed by atoms with E-state index in [9.17, 15) is 9.59 Å². The van der Waals surface area contributed by atoms with E-state index >= 15 is 0 Å². The van der Waals surface area contributed by atoms with E-state index in [4.69, 9.17) is 19.6 Å². The topological polar surface area (TPSA) is 91.8 Å². The Bertz CT molecular complexity index is 987. The van der Waals surface area contributed by atoms with E-state index in [1.165, 1.54) is 14.0 Å². The molecule has 1 heterocycles. The molecule has 0 aliphatic rings. The molecule has 0 unspecified atom stereocenters. The zero-order valence-corrected chi connectivity index (χ0v) is 14.1. The third-order valence-corrected chi connectivity index (χ3v) is 3.99. The van der Waals surface area contributed by atoms with Crippen molar-refractivity contribution in [1.29, 1.82) is 0 Å². The second-order valence-corrected chi connectivity index (χ2v) is 5.45. The molecular formula is C19H17NO5. The Hall–Kier alpha value is -3.28. The van der Waals surface area contributed by atoms with Gasteiger partial charge in [-0.05, 0) is 23.8 Å². The maximum absolute atomic E-state index is 12.1. The second-order valence-electron chi connectivity index (χ2n) is 5.45. The number of fused-ring (bicyclic) bond motifs is 1. The van der Waals surface area contributed by atoms with E-state index in [1.807, 2.05) is 18.2 Å². The van der Waals surface area contributed by atoms with Crippen molar-refractivity contribution in [3.05, 3.63) is 47.7 Å². The number of ketones is 1. The summed E-state index contributed by atoms with van der Waals surface area (Å²) in [6, 6.07) is 10.8. The molecule has 0 fully saturated rings. The number of methoxy groups -OCH3 is 2. The van der Waals surface area contributed by atoms with Gasteiger partial charge in [0.15, 0.2) is 22.9 Å². The highest BCUT2D eigenvalue weighted by Gasteiger charge is 2.27. The summed E-state index contributed by atoms with van der Waals surface area (Å²) in [6.45, 7) is 1.32. The first-order valence-corrected chi connectivity index (χ1v) is 7.57. The summed E-state index contributed by atoms with van der Waals surface area (Å²) in [4.78, 5) is 24.0. The molecule has 0 aliphatic carbocycles. The highest BCUT2D eigenvalue weighted by atomic mass is 16.5. The second kappa shape index (κ2) is 6.32. The van der Waals surface area contributed by atoms with Crippen LogP contribution in [0, 0.1) is 0 Å². The molecule has 6 nitrogen and oxygen atoms in total. The number of ether oxygens (including phenoxy) is 2. The number of hydrogen-bond acceptors (Lipinski definition) is 5. The average Bonchev–Trinajstić information content (AvgIpc) is 3.02. The lowest BCUT2D eigenvalue weighted by molar-refractivity contribution is 0.0958. The summed E-state index contributed by atoms with van der Waals surface area (Å²) in [5.41, 5.74) is 7.30. The quantitative estimate of drug-likeness (QED) is 0.719. The molecule has 25 heavy (non-hydrogen) atoms. The largest absolute Gasteiger partial charge is 0.496 e. The maximum Gasteiger partial charge on any atom is 0.253 e. The van der Waals surface area contributed by atoms with Crippen LogP contribution in [0.2, 0.25) is 0 Å². The van der Waals surface area contributed by atoms with Gasteiger partial charge in [-0.15, -0.1) is 0 Å². The van der Waals surface area contributed by atoms with Crippen LogP contribution in [0.15, 0.2) is 40.8 Å². The number of furan rings is 1. The van der Waals surface area contributed by atoms with Gasteiger partial charge in [-0.2, -0.15) is 0 Å². The summed E-state index contributed by atoms with van der Waals surface area (Å²) < 4.78 is 16.4. The SMILES string of the molecule is COc1ccccc1-c1ccc(OC)c2oc(C(C)=O)c(C(N)=O)c12. The van der Waals surface area contributed by atoms with Crippen LogP contribution in [0.4, 0.5) is 0 Å². The van der Waals surface area contributed by atoms with Crippen LogP contribution < -0.4 is 15.2 Å². The molecule has 0 spiro atoms. The summed E-state index contributed by atoms with van der Waals surface area (Å²) in [6.07, 6.45) is 0. The van der Waals surface area contributed by atoms with Gasteiger partial charge in [0.25, 0.3) is 5.91 Å². The first kappa shape index (κ1) is 16.6. The lowest BCUT2D eigenvalue weighted by Crippen LogP contribution is -2.14. The average molecular weight is 339 g/mol. The molecule has 0 atom stereocenters. The fourth-order valence-corrected chi connectivity index (χ4v) is 2.92. The number of rotatable bonds is 5. The smallest absolute Gasteiger partial charge is 0.253 e. The van der Waals surface area contributed by atoms with E-state index in [0.717, 1.165) is 5.56 Å². The van der Waals surface area contributed by atoms with E-state index in [1.54, 1.807) is 25.3 Å². The number of nitrogens with two attached hydrogens (primary N) is 1. The summed E-state index contributed by atoms with van der Waals surface area (Å²) in [5, 5.41) is 0.432. The van der Waals surface area contributed by atoms with Gasteiger partial charge in [-0.25, -0.2) is 0 Å². The van der Waals surface area contributed by atoms with E-state index in [2.05, 4.69) is 0 Å². The van der Waals surface area contributed by atoms with Crippen LogP contribution in [0.1, 0.15) is 27.8 Å². The van der Waals surface area contributed by atoms with Gasteiger partial charge in [0.1, 0.15) is 5.75 Å². The van der Waals surface area contributed by atoms with Crippen LogP contribution in [-0.2, 0) is 0 Å². The monoisotopic (exact) mass is 339 g/mol. The zero-order chi connectivity index (χ0) is 18.1. The molecule has 0 saturated heterocycles. The minimum Gasteiger partial charge on any atom is -0.496 e. The van der Waals surface area contributed by atoms with Gasteiger partial charge in [0, 0.05) is 17.9 Å². The number of Topliss-reactive ketones (excluding diaryl/α,β-unsaturated/α-hetero) is 1. The molecule has 2 N–H and O–H groups in total. The van der Waals surface area contributed by atoms with Gasteiger partial charge < -0.3 is 19.6 Å². The number of hydrogen-bond donors (Lipinski definition) is 1. The Morgan fingerprint density at radius 2 is 1.64 bits per heavy atom. The molecule has 1 aromatic heterocycles. The predicted molar refractivity (Wildman–Crippen MR) is 93.3 cm³/mol. The number of amides is 1. The molecule has 3 rings (SSSR count). The van der Waals surface area contributed by atoms with Gasteiger partial charge >= 0.3 is 0 Å². The fraction of sp³-hybridized carbons (Fsp3) is 0.158. The van der Waals surface area contributed by atoms with Crippen molar-refractivity contribution < 1.29 is 23.5 Å². The van der Waals surface area contributed by atoms with Gasteiger partial charge in [-0.1, -0.05) is 18.2 Å². The molecule has 6 heteroatoms. The Morgan fingerprint density at radius 1 is 0.960 bits per heavy atom. The first-order chi connectivity index (χ1) is 12.0. The van der Waals surface area contributed by atoms with E-state index < -0.39 is 11.7 Å². The Labute approximate surface area is 144 Å². The summed E-state index contributed by atoms with van der Waals surface area (Å²) >= 11 is 0. The molecule has 0 radical (unpaired) electrons. The molecule has 0 aliphatic heterocycles. The predicted octanol–water partition coefficient (Wildman–Crippen LogP) is 3.42. The number of para-hydroxylation sites is 1. The normalized spacial score (nSPS) is 10.7. The van der Waals surface area contributed by atoms with Crippen molar-refractivity contribution in [1.82, 2.24) is 0 Å². The number of carbonyl (C=O) groups excluding carboxylic acids is 2. The lowest BCUT2D eigenvalue weighted by Gasteiger charge is -2.11. The minimum absolute atomic E-state index is 0.0438. The van der Waals surface area contributed by atoms with Crippen LogP contribution in [0.5, 0.6) is 11.5 Å². The molecule has 0 saturated carbocycles. The van der Waals surface area contributed by atoms with Crippen molar-refractivity contribution in [2.45, 2.75) is 6.92 Å². The van der Waals surface area contributed by atoms with Gasteiger partial charge in [-0.3, -0.25) is 9.59 Å². The Morgan fingerprint density at radius 3 is 2.24 bits per heavy atom. The first-order valence-electron chi connectivity index (χ1n) is 7.57. The van der Waals surface area contributed by atoms with Crippen molar-refractivity contribution in [2.24, 2.45) is 5.73 Å². The maximum atomic E-state index is 12.1. The molecular weight excluding hydrogens is 322 g/mol. The molecule has 1 amide bonds.